The topological polar surface area (TPSA) is 43.6 Å². The van der Waals surface area contributed by atoms with E-state index in [1.165, 1.54) is 28.7 Å². The number of carbonyl (C=O) groups is 1. The monoisotopic (exact) mass is 292 g/mol. The Balaban J connectivity index is 2.08. The van der Waals surface area contributed by atoms with Gasteiger partial charge in [0.2, 0.25) is 0 Å². The van der Waals surface area contributed by atoms with Gasteiger partial charge in [-0.25, -0.2) is 4.79 Å². The SMILES string of the molecule is CC(=O)O/N=C1\CC(C)n2c3ccccc3c3cccc1c32. The number of rotatable bonds is 1. The molecule has 0 radical (unpaired) electrons. The van der Waals surface area contributed by atoms with Gasteiger partial charge in [-0.3, -0.25) is 0 Å². The van der Waals surface area contributed by atoms with Crippen molar-refractivity contribution in [2.24, 2.45) is 5.16 Å². The summed E-state index contributed by atoms with van der Waals surface area (Å²) in [5.41, 5.74) is 4.30. The number of fused-ring (bicyclic) bond motifs is 3. The molecule has 0 saturated heterocycles. The average Bonchev–Trinajstić information content (AvgIpc) is 2.86. The van der Waals surface area contributed by atoms with Crippen molar-refractivity contribution in [2.75, 3.05) is 0 Å². The number of oxime groups is 1. The number of aromatic nitrogens is 1. The number of benzene rings is 2. The first kappa shape index (κ1) is 13.1. The van der Waals surface area contributed by atoms with Crippen LogP contribution in [-0.2, 0) is 9.63 Å². The maximum absolute atomic E-state index is 11.1. The molecule has 0 aliphatic carbocycles. The molecule has 2 aromatic carbocycles. The van der Waals surface area contributed by atoms with E-state index in [0.717, 1.165) is 17.7 Å². The van der Waals surface area contributed by atoms with E-state index in [1.54, 1.807) is 0 Å². The van der Waals surface area contributed by atoms with Crippen molar-refractivity contribution < 1.29 is 9.63 Å². The van der Waals surface area contributed by atoms with Gasteiger partial charge in [0.1, 0.15) is 0 Å². The van der Waals surface area contributed by atoms with E-state index in [4.69, 9.17) is 4.84 Å². The largest absolute Gasteiger partial charge is 0.337 e. The second-order valence-corrected chi connectivity index (χ2v) is 5.76. The lowest BCUT2D eigenvalue weighted by Gasteiger charge is -2.24. The molecule has 0 amide bonds. The predicted octanol–water partition coefficient (Wildman–Crippen LogP) is 4.03. The second-order valence-electron chi connectivity index (χ2n) is 5.76. The van der Waals surface area contributed by atoms with Gasteiger partial charge >= 0.3 is 5.97 Å². The second kappa shape index (κ2) is 4.70. The Morgan fingerprint density at radius 3 is 2.77 bits per heavy atom. The fourth-order valence-corrected chi connectivity index (χ4v) is 3.43. The standard InChI is InChI=1S/C18H16N2O2/c1-11-10-16(19-22-12(2)21)15-8-5-7-14-13-6-3-4-9-17(13)20(11)18(14)15/h3-9,11H,10H2,1-2H3/b19-16+. The van der Waals surface area contributed by atoms with Crippen molar-refractivity contribution in [1.29, 1.82) is 0 Å². The third-order valence-electron chi connectivity index (χ3n) is 4.26. The molecule has 3 aromatic rings. The Morgan fingerprint density at radius 2 is 1.95 bits per heavy atom. The first-order chi connectivity index (χ1) is 10.7. The Morgan fingerprint density at radius 1 is 1.18 bits per heavy atom. The molecule has 0 bridgehead atoms. The minimum Gasteiger partial charge on any atom is -0.337 e. The van der Waals surface area contributed by atoms with Gasteiger partial charge in [0.15, 0.2) is 0 Å². The molecule has 0 fully saturated rings. The molecule has 1 aliphatic heterocycles. The van der Waals surface area contributed by atoms with E-state index in [9.17, 15) is 4.79 Å². The third kappa shape index (κ3) is 1.77. The van der Waals surface area contributed by atoms with Crippen LogP contribution in [0.5, 0.6) is 0 Å². The zero-order chi connectivity index (χ0) is 15.3. The molecule has 1 atom stereocenters. The maximum Gasteiger partial charge on any atom is 0.331 e. The molecule has 110 valence electrons. The highest BCUT2D eigenvalue weighted by Gasteiger charge is 2.26. The van der Waals surface area contributed by atoms with Crippen LogP contribution in [-0.4, -0.2) is 16.2 Å². The molecule has 22 heavy (non-hydrogen) atoms. The van der Waals surface area contributed by atoms with Gasteiger partial charge in [0, 0.05) is 41.2 Å². The van der Waals surface area contributed by atoms with Crippen LogP contribution in [0.2, 0.25) is 0 Å². The van der Waals surface area contributed by atoms with Gasteiger partial charge < -0.3 is 9.40 Å². The molecular formula is C18H16N2O2. The van der Waals surface area contributed by atoms with Crippen LogP contribution in [0, 0.1) is 0 Å². The van der Waals surface area contributed by atoms with E-state index >= 15 is 0 Å². The van der Waals surface area contributed by atoms with Gasteiger partial charge in [-0.2, -0.15) is 0 Å². The van der Waals surface area contributed by atoms with E-state index in [0.29, 0.717) is 0 Å². The Kier molecular flexibility index (Phi) is 2.79. The molecule has 1 aliphatic rings. The Hall–Kier alpha value is -2.62. The van der Waals surface area contributed by atoms with Crippen LogP contribution >= 0.6 is 0 Å². The van der Waals surface area contributed by atoms with Crippen LogP contribution < -0.4 is 0 Å². The minimum atomic E-state index is -0.390. The smallest absolute Gasteiger partial charge is 0.331 e. The summed E-state index contributed by atoms with van der Waals surface area (Å²) in [6.07, 6.45) is 0.748. The first-order valence-electron chi connectivity index (χ1n) is 7.43. The summed E-state index contributed by atoms with van der Waals surface area (Å²) in [4.78, 5) is 16.0. The lowest BCUT2D eigenvalue weighted by Crippen LogP contribution is -2.19. The van der Waals surface area contributed by atoms with Crippen molar-refractivity contribution in [3.63, 3.8) is 0 Å². The summed E-state index contributed by atoms with van der Waals surface area (Å²) < 4.78 is 2.37. The normalized spacial score (nSPS) is 19.0. The average molecular weight is 292 g/mol. The summed E-state index contributed by atoms with van der Waals surface area (Å²) in [5.74, 6) is -0.390. The molecule has 1 unspecified atom stereocenters. The van der Waals surface area contributed by atoms with Crippen molar-refractivity contribution in [1.82, 2.24) is 4.57 Å². The molecule has 2 heterocycles. The van der Waals surface area contributed by atoms with Gasteiger partial charge in [0.05, 0.1) is 11.2 Å². The maximum atomic E-state index is 11.1. The molecule has 4 rings (SSSR count). The van der Waals surface area contributed by atoms with Gasteiger partial charge in [-0.1, -0.05) is 41.6 Å². The number of carbonyl (C=O) groups excluding carboxylic acids is 1. The highest BCUT2D eigenvalue weighted by atomic mass is 16.7. The fourth-order valence-electron chi connectivity index (χ4n) is 3.43. The van der Waals surface area contributed by atoms with E-state index in [2.05, 4.69) is 47.0 Å². The number of hydrogen-bond donors (Lipinski definition) is 0. The Labute approximate surface area is 128 Å². The number of nitrogens with zero attached hydrogens (tertiary/aromatic N) is 2. The molecular weight excluding hydrogens is 276 g/mol. The zero-order valence-corrected chi connectivity index (χ0v) is 12.5. The molecule has 0 spiro atoms. The van der Waals surface area contributed by atoms with Crippen LogP contribution in [0.1, 0.15) is 31.9 Å². The van der Waals surface area contributed by atoms with Crippen LogP contribution in [0.25, 0.3) is 21.8 Å². The van der Waals surface area contributed by atoms with Crippen LogP contribution in [0.3, 0.4) is 0 Å². The summed E-state index contributed by atoms with van der Waals surface area (Å²) in [6, 6.07) is 14.9. The molecule has 1 aromatic heterocycles. The minimum absolute atomic E-state index is 0.270. The van der Waals surface area contributed by atoms with Gasteiger partial charge in [0.25, 0.3) is 0 Å². The van der Waals surface area contributed by atoms with Gasteiger partial charge in [-0.05, 0) is 13.0 Å². The van der Waals surface area contributed by atoms with Crippen molar-refractivity contribution in [2.45, 2.75) is 26.3 Å². The number of hydrogen-bond acceptors (Lipinski definition) is 3. The third-order valence-corrected chi connectivity index (χ3v) is 4.26. The summed E-state index contributed by atoms with van der Waals surface area (Å²) in [5, 5.41) is 6.55. The summed E-state index contributed by atoms with van der Waals surface area (Å²) >= 11 is 0. The first-order valence-corrected chi connectivity index (χ1v) is 7.43. The van der Waals surface area contributed by atoms with E-state index in [-0.39, 0.29) is 6.04 Å². The zero-order valence-electron chi connectivity index (χ0n) is 12.5. The van der Waals surface area contributed by atoms with E-state index in [1.807, 2.05) is 12.1 Å². The molecule has 4 nitrogen and oxygen atoms in total. The van der Waals surface area contributed by atoms with Crippen LogP contribution in [0.15, 0.2) is 47.6 Å². The van der Waals surface area contributed by atoms with Crippen molar-refractivity contribution in [3.05, 3.63) is 48.0 Å². The van der Waals surface area contributed by atoms with Crippen molar-refractivity contribution >= 4 is 33.5 Å². The molecule has 0 N–H and O–H groups in total. The molecule has 4 heteroatoms. The highest BCUT2D eigenvalue weighted by molar-refractivity contribution is 6.18. The van der Waals surface area contributed by atoms with Crippen LogP contribution in [0.4, 0.5) is 0 Å². The fraction of sp³-hybridized carbons (Fsp3) is 0.222. The Bertz CT molecular complexity index is 937. The summed E-state index contributed by atoms with van der Waals surface area (Å²) in [7, 11) is 0. The number of para-hydroxylation sites is 2. The predicted molar refractivity (Wildman–Crippen MR) is 87.1 cm³/mol. The molecule has 0 saturated carbocycles. The van der Waals surface area contributed by atoms with Crippen molar-refractivity contribution in [3.8, 4) is 0 Å². The van der Waals surface area contributed by atoms with E-state index < -0.39 is 5.97 Å². The van der Waals surface area contributed by atoms with Gasteiger partial charge in [-0.15, -0.1) is 0 Å². The lowest BCUT2D eigenvalue weighted by molar-refractivity contribution is -0.140. The summed E-state index contributed by atoms with van der Waals surface area (Å²) in [6.45, 7) is 3.54. The lowest BCUT2D eigenvalue weighted by atomic mass is 9.97. The quantitative estimate of drug-likeness (QED) is 0.502. The highest BCUT2D eigenvalue weighted by Crippen LogP contribution is 2.38.